The van der Waals surface area contributed by atoms with Crippen molar-refractivity contribution in [1.82, 2.24) is 14.9 Å². The van der Waals surface area contributed by atoms with E-state index < -0.39 is 10.0 Å². The lowest BCUT2D eigenvalue weighted by Gasteiger charge is -2.27. The Bertz CT molecular complexity index is 529. The van der Waals surface area contributed by atoms with Crippen molar-refractivity contribution >= 4 is 46.2 Å². The predicted octanol–water partition coefficient (Wildman–Crippen LogP) is 1.39. The van der Waals surface area contributed by atoms with Gasteiger partial charge in [0.25, 0.3) is 0 Å². The molecule has 2 N–H and O–H groups in total. The van der Waals surface area contributed by atoms with Crippen molar-refractivity contribution in [3.63, 3.8) is 0 Å². The highest BCUT2D eigenvalue weighted by Gasteiger charge is 2.19. The number of halogens is 2. The van der Waals surface area contributed by atoms with E-state index in [0.717, 1.165) is 43.2 Å². The summed E-state index contributed by atoms with van der Waals surface area (Å²) in [6, 6.07) is 1.91. The zero-order valence-electron chi connectivity index (χ0n) is 12.2. The lowest BCUT2D eigenvalue weighted by atomic mass is 10.3. The molecule has 1 aromatic heterocycles. The van der Waals surface area contributed by atoms with Crippen LogP contribution in [0.25, 0.3) is 0 Å². The minimum Gasteiger partial charge on any atom is -0.314 e. The van der Waals surface area contributed by atoms with Crippen LogP contribution in [0.4, 0.5) is 0 Å². The number of hydrogen-bond acceptors (Lipinski definition) is 5. The van der Waals surface area contributed by atoms with Crippen molar-refractivity contribution in [3.05, 3.63) is 16.5 Å². The molecule has 5 nitrogen and oxygen atoms in total. The fraction of sp³-hybridized carbons (Fsp3) is 0.667. The smallest absolute Gasteiger partial charge is 0.250 e. The normalized spacial score (nSPS) is 16.1. The number of nitrogens with zero attached hydrogens (tertiary/aromatic N) is 1. The van der Waals surface area contributed by atoms with Gasteiger partial charge in [0.15, 0.2) is 0 Å². The highest BCUT2D eigenvalue weighted by molar-refractivity contribution is 7.91. The van der Waals surface area contributed by atoms with Crippen molar-refractivity contribution in [2.45, 2.75) is 18.1 Å². The van der Waals surface area contributed by atoms with E-state index in [2.05, 4.69) is 14.9 Å². The Morgan fingerprint density at radius 2 is 1.90 bits per heavy atom. The summed E-state index contributed by atoms with van der Waals surface area (Å²) in [4.78, 5) is 3.30. The highest BCUT2D eigenvalue weighted by atomic mass is 35.5. The summed E-state index contributed by atoms with van der Waals surface area (Å²) in [6.07, 6.45) is 0. The third-order valence-corrected chi connectivity index (χ3v) is 6.42. The third kappa shape index (κ3) is 6.02. The van der Waals surface area contributed by atoms with E-state index in [1.165, 1.54) is 11.3 Å². The summed E-state index contributed by atoms with van der Waals surface area (Å²) in [6.45, 7) is 8.94. The summed E-state index contributed by atoms with van der Waals surface area (Å²) >= 11 is 1.33. The van der Waals surface area contributed by atoms with Crippen LogP contribution in [0.15, 0.2) is 10.3 Å². The molecule has 1 aliphatic heterocycles. The minimum absolute atomic E-state index is 0. The number of nitrogens with one attached hydrogen (secondary N) is 2. The van der Waals surface area contributed by atoms with E-state index in [9.17, 15) is 8.42 Å². The zero-order chi connectivity index (χ0) is 13.9. The van der Waals surface area contributed by atoms with E-state index in [0.29, 0.717) is 10.8 Å². The Hall–Kier alpha value is 0.110. The SMILES string of the molecule is Cc1cc(C)c(S(=O)(=O)NCCN2CCNCC2)s1.Cl.Cl. The summed E-state index contributed by atoms with van der Waals surface area (Å²) < 4.78 is 27.5. The first-order chi connectivity index (χ1) is 8.99. The number of sulfonamides is 1. The largest absolute Gasteiger partial charge is 0.314 e. The highest BCUT2D eigenvalue weighted by Crippen LogP contribution is 2.25. The number of piperazine rings is 1. The summed E-state index contributed by atoms with van der Waals surface area (Å²) in [5, 5.41) is 3.28. The molecule has 0 aliphatic carbocycles. The van der Waals surface area contributed by atoms with Gasteiger partial charge in [-0.2, -0.15) is 0 Å². The maximum atomic E-state index is 12.2. The van der Waals surface area contributed by atoms with Crippen LogP contribution in [-0.4, -0.2) is 52.6 Å². The van der Waals surface area contributed by atoms with Gasteiger partial charge in [0, 0.05) is 44.1 Å². The summed E-state index contributed by atoms with van der Waals surface area (Å²) in [5.41, 5.74) is 0.831. The molecule has 1 fully saturated rings. The fourth-order valence-corrected chi connectivity index (χ4v) is 4.96. The van der Waals surface area contributed by atoms with Crippen LogP contribution in [0.1, 0.15) is 10.4 Å². The van der Waals surface area contributed by atoms with Gasteiger partial charge in [-0.15, -0.1) is 36.2 Å². The Morgan fingerprint density at radius 3 is 2.43 bits per heavy atom. The van der Waals surface area contributed by atoms with E-state index in [-0.39, 0.29) is 24.8 Å². The maximum Gasteiger partial charge on any atom is 0.250 e. The standard InChI is InChI=1S/C12H21N3O2S2.2ClH/c1-10-9-11(2)18-12(10)19(16,17)14-5-8-15-6-3-13-4-7-15;;/h9,13-14H,3-8H2,1-2H3;2*1H. The Balaban J connectivity index is 0.00000200. The van der Waals surface area contributed by atoms with Gasteiger partial charge in [-0.25, -0.2) is 13.1 Å². The first kappa shape index (κ1) is 21.1. The molecular formula is C12H23Cl2N3O2S2. The van der Waals surface area contributed by atoms with Crippen molar-refractivity contribution < 1.29 is 8.42 Å². The fourth-order valence-electron chi connectivity index (χ4n) is 2.23. The quantitative estimate of drug-likeness (QED) is 0.816. The Labute approximate surface area is 143 Å². The number of aryl methyl sites for hydroxylation is 2. The molecule has 0 bridgehead atoms. The van der Waals surface area contributed by atoms with Crippen molar-refractivity contribution in [3.8, 4) is 0 Å². The van der Waals surface area contributed by atoms with Crippen LogP contribution in [0.2, 0.25) is 0 Å². The lowest BCUT2D eigenvalue weighted by molar-refractivity contribution is 0.245. The van der Waals surface area contributed by atoms with E-state index in [1.54, 1.807) is 0 Å². The van der Waals surface area contributed by atoms with Gasteiger partial charge in [0.1, 0.15) is 4.21 Å². The Morgan fingerprint density at radius 1 is 1.29 bits per heavy atom. The van der Waals surface area contributed by atoms with Gasteiger partial charge in [-0.1, -0.05) is 0 Å². The van der Waals surface area contributed by atoms with E-state index in [4.69, 9.17) is 0 Å². The molecule has 2 heterocycles. The molecule has 21 heavy (non-hydrogen) atoms. The second-order valence-corrected chi connectivity index (χ2v) is 8.04. The zero-order valence-corrected chi connectivity index (χ0v) is 15.5. The summed E-state index contributed by atoms with van der Waals surface area (Å²) in [5.74, 6) is 0. The van der Waals surface area contributed by atoms with Crippen LogP contribution in [0, 0.1) is 13.8 Å². The molecule has 0 unspecified atom stereocenters. The van der Waals surface area contributed by atoms with Gasteiger partial charge in [0.2, 0.25) is 10.0 Å². The summed E-state index contributed by atoms with van der Waals surface area (Å²) in [7, 11) is -3.34. The predicted molar refractivity (Wildman–Crippen MR) is 92.8 cm³/mol. The molecule has 0 saturated carbocycles. The third-order valence-electron chi connectivity index (χ3n) is 3.17. The van der Waals surface area contributed by atoms with Crippen molar-refractivity contribution in [1.29, 1.82) is 0 Å². The average molecular weight is 376 g/mol. The van der Waals surface area contributed by atoms with Crippen LogP contribution < -0.4 is 10.0 Å². The number of thiophene rings is 1. The number of rotatable bonds is 5. The monoisotopic (exact) mass is 375 g/mol. The molecule has 0 atom stereocenters. The molecular weight excluding hydrogens is 353 g/mol. The number of hydrogen-bond donors (Lipinski definition) is 2. The molecule has 1 aliphatic rings. The average Bonchev–Trinajstić information content (AvgIpc) is 2.70. The van der Waals surface area contributed by atoms with E-state index in [1.807, 2.05) is 19.9 Å². The second-order valence-electron chi connectivity index (χ2n) is 4.82. The van der Waals surface area contributed by atoms with Gasteiger partial charge in [0.05, 0.1) is 0 Å². The van der Waals surface area contributed by atoms with Gasteiger partial charge in [-0.3, -0.25) is 4.90 Å². The van der Waals surface area contributed by atoms with Crippen LogP contribution >= 0.6 is 36.2 Å². The Kier molecular flexibility index (Phi) is 9.34. The van der Waals surface area contributed by atoms with E-state index >= 15 is 0 Å². The van der Waals surface area contributed by atoms with Gasteiger partial charge >= 0.3 is 0 Å². The molecule has 0 aromatic carbocycles. The molecule has 9 heteroatoms. The van der Waals surface area contributed by atoms with Crippen LogP contribution in [-0.2, 0) is 10.0 Å². The minimum atomic E-state index is -3.34. The van der Waals surface area contributed by atoms with Gasteiger partial charge in [-0.05, 0) is 25.5 Å². The molecule has 0 amide bonds. The molecule has 2 rings (SSSR count). The van der Waals surface area contributed by atoms with Crippen molar-refractivity contribution in [2.24, 2.45) is 0 Å². The molecule has 1 aromatic rings. The topological polar surface area (TPSA) is 61.4 Å². The lowest BCUT2D eigenvalue weighted by Crippen LogP contribution is -2.46. The molecule has 0 radical (unpaired) electrons. The van der Waals surface area contributed by atoms with Gasteiger partial charge < -0.3 is 5.32 Å². The van der Waals surface area contributed by atoms with Crippen molar-refractivity contribution in [2.75, 3.05) is 39.3 Å². The first-order valence-corrected chi connectivity index (χ1v) is 8.79. The maximum absolute atomic E-state index is 12.2. The second kappa shape index (κ2) is 9.29. The molecule has 124 valence electrons. The van der Waals surface area contributed by atoms with Crippen LogP contribution in [0.3, 0.4) is 0 Å². The molecule has 0 spiro atoms. The first-order valence-electron chi connectivity index (χ1n) is 6.49. The van der Waals surface area contributed by atoms with Crippen LogP contribution in [0.5, 0.6) is 0 Å². The molecule has 1 saturated heterocycles.